The molecule has 0 saturated heterocycles. The molecule has 0 spiro atoms. The molecule has 0 amide bonds. The molecule has 0 aliphatic carbocycles. The zero-order valence-electron chi connectivity index (χ0n) is 9.96. The van der Waals surface area contributed by atoms with Crippen molar-refractivity contribution >= 4 is 10.0 Å². The van der Waals surface area contributed by atoms with Crippen molar-refractivity contribution in [3.63, 3.8) is 0 Å². The van der Waals surface area contributed by atoms with E-state index in [0.29, 0.717) is 18.0 Å². The van der Waals surface area contributed by atoms with Crippen LogP contribution >= 0.6 is 0 Å². The number of rotatable bonds is 7. The van der Waals surface area contributed by atoms with Crippen molar-refractivity contribution in [1.82, 2.24) is 9.88 Å². The monoisotopic (exact) mass is 262 g/mol. The fourth-order valence-electron chi connectivity index (χ4n) is 1.41. The van der Waals surface area contributed by atoms with Crippen LogP contribution in [0.25, 0.3) is 0 Å². The topological polar surface area (TPSA) is 92.4 Å². The summed E-state index contributed by atoms with van der Waals surface area (Å²) in [6.45, 7) is 3.96. The van der Waals surface area contributed by atoms with Crippen molar-refractivity contribution in [2.75, 3.05) is 6.54 Å². The van der Waals surface area contributed by atoms with Crippen LogP contribution in [0.5, 0.6) is 0 Å². The Kier molecular flexibility index (Phi) is 5.10. The maximum absolute atomic E-state index is 11.6. The van der Waals surface area contributed by atoms with E-state index in [9.17, 15) is 13.5 Å². The zero-order chi connectivity index (χ0) is 12.9. The fourth-order valence-corrected chi connectivity index (χ4v) is 2.50. The Morgan fingerprint density at radius 2 is 2.24 bits per heavy atom. The van der Waals surface area contributed by atoms with Crippen molar-refractivity contribution in [2.24, 2.45) is 5.92 Å². The first-order valence-corrected chi connectivity index (χ1v) is 7.09. The molecule has 1 unspecified atom stereocenters. The van der Waals surface area contributed by atoms with E-state index in [2.05, 4.69) is 14.4 Å². The van der Waals surface area contributed by atoms with Gasteiger partial charge in [0.2, 0.25) is 10.0 Å². The maximum Gasteiger partial charge on any atom is 0.217 e. The van der Waals surface area contributed by atoms with Gasteiger partial charge in [-0.2, -0.15) is 0 Å². The lowest BCUT2D eigenvalue weighted by atomic mass is 10.1. The summed E-state index contributed by atoms with van der Waals surface area (Å²) in [4.78, 5) is 0. The highest BCUT2D eigenvalue weighted by atomic mass is 32.2. The number of aliphatic hydroxyl groups is 1. The van der Waals surface area contributed by atoms with Gasteiger partial charge in [0.15, 0.2) is 0 Å². The first-order valence-electron chi connectivity index (χ1n) is 5.43. The molecule has 6 nitrogen and oxygen atoms in total. The minimum Gasteiger partial charge on any atom is -0.392 e. The quantitative estimate of drug-likeness (QED) is 0.746. The van der Waals surface area contributed by atoms with E-state index in [4.69, 9.17) is 0 Å². The smallest absolute Gasteiger partial charge is 0.217 e. The highest BCUT2D eigenvalue weighted by Gasteiger charge is 2.16. The van der Waals surface area contributed by atoms with Gasteiger partial charge in [-0.15, -0.1) is 0 Å². The molecule has 1 heterocycles. The lowest BCUT2D eigenvalue weighted by Crippen LogP contribution is -2.33. The van der Waals surface area contributed by atoms with Crippen LogP contribution in [0.3, 0.4) is 0 Å². The molecule has 1 aromatic heterocycles. The van der Waals surface area contributed by atoms with Crippen molar-refractivity contribution in [2.45, 2.75) is 32.1 Å². The highest BCUT2D eigenvalue weighted by Crippen LogP contribution is 2.05. The summed E-state index contributed by atoms with van der Waals surface area (Å²) in [7, 11) is -3.47. The van der Waals surface area contributed by atoms with Crippen LogP contribution in [0.1, 0.15) is 26.0 Å². The molecule has 2 N–H and O–H groups in total. The molecule has 1 rings (SSSR count). The number of aromatic nitrogens is 1. The second kappa shape index (κ2) is 6.13. The van der Waals surface area contributed by atoms with Crippen molar-refractivity contribution < 1.29 is 18.0 Å². The molecular formula is C10H18N2O4S. The SMILES string of the molecule is CC(C)CC(O)CNS(=O)(=O)Cc1ccon1. The van der Waals surface area contributed by atoms with Gasteiger partial charge < -0.3 is 9.63 Å². The number of aliphatic hydroxyl groups excluding tert-OH is 1. The molecule has 0 fully saturated rings. The molecule has 0 bridgehead atoms. The standard InChI is InChI=1S/C10H18N2O4S/c1-8(2)5-10(13)6-11-17(14,15)7-9-3-4-16-12-9/h3-4,8,10-11,13H,5-7H2,1-2H3. The van der Waals surface area contributed by atoms with Gasteiger partial charge in [0.1, 0.15) is 12.0 Å². The molecule has 17 heavy (non-hydrogen) atoms. The zero-order valence-corrected chi connectivity index (χ0v) is 10.8. The van der Waals surface area contributed by atoms with E-state index in [-0.39, 0.29) is 12.3 Å². The molecule has 0 aliphatic heterocycles. The third-order valence-electron chi connectivity index (χ3n) is 2.11. The Labute approximate surface area is 101 Å². The Morgan fingerprint density at radius 3 is 2.76 bits per heavy atom. The summed E-state index contributed by atoms with van der Waals surface area (Å²) in [5.41, 5.74) is 0.343. The van der Waals surface area contributed by atoms with E-state index >= 15 is 0 Å². The summed E-state index contributed by atoms with van der Waals surface area (Å²) in [6.07, 6.45) is 1.22. The minimum atomic E-state index is -3.47. The first kappa shape index (κ1) is 14.1. The summed E-state index contributed by atoms with van der Waals surface area (Å²) in [6, 6.07) is 1.49. The summed E-state index contributed by atoms with van der Waals surface area (Å²) in [5.74, 6) is 0.0859. The fraction of sp³-hybridized carbons (Fsp3) is 0.700. The van der Waals surface area contributed by atoms with Gasteiger partial charge in [0, 0.05) is 12.6 Å². The van der Waals surface area contributed by atoms with E-state index in [1.54, 1.807) is 0 Å². The van der Waals surface area contributed by atoms with Gasteiger partial charge in [-0.05, 0) is 12.3 Å². The van der Waals surface area contributed by atoms with E-state index < -0.39 is 16.1 Å². The second-order valence-electron chi connectivity index (χ2n) is 4.38. The predicted octanol–water partition coefficient (Wildman–Crippen LogP) is 0.501. The lowest BCUT2D eigenvalue weighted by molar-refractivity contribution is 0.152. The van der Waals surface area contributed by atoms with Crippen LogP contribution in [0, 0.1) is 5.92 Å². The first-order chi connectivity index (χ1) is 7.89. The van der Waals surface area contributed by atoms with E-state index in [0.717, 1.165) is 0 Å². The van der Waals surface area contributed by atoms with Crippen LogP contribution in [0.4, 0.5) is 0 Å². The van der Waals surface area contributed by atoms with Crippen LogP contribution in [-0.4, -0.2) is 31.3 Å². The molecule has 1 aromatic rings. The average molecular weight is 262 g/mol. The van der Waals surface area contributed by atoms with Gasteiger partial charge in [0.05, 0.1) is 11.8 Å². The van der Waals surface area contributed by atoms with Crippen LogP contribution < -0.4 is 4.72 Å². The maximum atomic E-state index is 11.6. The minimum absolute atomic E-state index is 0.0262. The molecule has 1 atom stereocenters. The third kappa shape index (κ3) is 5.81. The normalized spacial score (nSPS) is 14.1. The van der Waals surface area contributed by atoms with Gasteiger partial charge in [-0.1, -0.05) is 19.0 Å². The second-order valence-corrected chi connectivity index (χ2v) is 6.19. The lowest BCUT2D eigenvalue weighted by Gasteiger charge is -2.13. The Bertz CT molecular complexity index is 414. The Hall–Kier alpha value is -0.920. The van der Waals surface area contributed by atoms with Gasteiger partial charge in [0.25, 0.3) is 0 Å². The predicted molar refractivity (Wildman–Crippen MR) is 62.6 cm³/mol. The molecule has 0 aliphatic rings. The van der Waals surface area contributed by atoms with Crippen LogP contribution in [0.15, 0.2) is 16.9 Å². The molecule has 0 radical (unpaired) electrons. The Balaban J connectivity index is 2.40. The summed E-state index contributed by atoms with van der Waals surface area (Å²) < 4.78 is 30.1. The van der Waals surface area contributed by atoms with Gasteiger partial charge >= 0.3 is 0 Å². The number of nitrogens with one attached hydrogen (secondary N) is 1. The average Bonchev–Trinajstić information content (AvgIpc) is 2.66. The summed E-state index contributed by atoms with van der Waals surface area (Å²) in [5, 5.41) is 13.1. The molecule has 7 heteroatoms. The van der Waals surface area contributed by atoms with Crippen molar-refractivity contribution in [3.8, 4) is 0 Å². The largest absolute Gasteiger partial charge is 0.392 e. The van der Waals surface area contributed by atoms with Gasteiger partial charge in [-0.25, -0.2) is 13.1 Å². The number of hydrogen-bond acceptors (Lipinski definition) is 5. The van der Waals surface area contributed by atoms with Gasteiger partial charge in [-0.3, -0.25) is 0 Å². The van der Waals surface area contributed by atoms with E-state index in [1.807, 2.05) is 13.8 Å². The number of hydrogen-bond donors (Lipinski definition) is 2. The number of nitrogens with zero attached hydrogens (tertiary/aromatic N) is 1. The highest BCUT2D eigenvalue weighted by molar-refractivity contribution is 7.88. The van der Waals surface area contributed by atoms with Crippen molar-refractivity contribution in [1.29, 1.82) is 0 Å². The third-order valence-corrected chi connectivity index (χ3v) is 3.39. The summed E-state index contributed by atoms with van der Waals surface area (Å²) >= 11 is 0. The van der Waals surface area contributed by atoms with Crippen molar-refractivity contribution in [3.05, 3.63) is 18.0 Å². The van der Waals surface area contributed by atoms with E-state index in [1.165, 1.54) is 12.3 Å². The molecular weight excluding hydrogens is 244 g/mol. The Morgan fingerprint density at radius 1 is 1.53 bits per heavy atom. The number of sulfonamides is 1. The van der Waals surface area contributed by atoms with Crippen LogP contribution in [0.2, 0.25) is 0 Å². The van der Waals surface area contributed by atoms with Crippen LogP contribution in [-0.2, 0) is 15.8 Å². The molecule has 0 saturated carbocycles. The molecule has 0 aromatic carbocycles. The molecule has 98 valence electrons.